The second-order valence-corrected chi connectivity index (χ2v) is 8.47. The lowest BCUT2D eigenvalue weighted by atomic mass is 9.68. The fourth-order valence-corrected chi connectivity index (χ4v) is 4.27. The van der Waals surface area contributed by atoms with E-state index in [-0.39, 0.29) is 0 Å². The van der Waals surface area contributed by atoms with Gasteiger partial charge in [0.05, 0.1) is 11.5 Å². The van der Waals surface area contributed by atoms with E-state index in [2.05, 4.69) is 48.4 Å². The molecule has 4 nitrogen and oxygen atoms in total. The van der Waals surface area contributed by atoms with Crippen molar-refractivity contribution in [3.8, 4) is 6.07 Å². The third-order valence-corrected chi connectivity index (χ3v) is 5.97. The quantitative estimate of drug-likeness (QED) is 0.562. The normalized spacial score (nSPS) is 21.0. The van der Waals surface area contributed by atoms with Crippen molar-refractivity contribution in [1.29, 1.82) is 5.26 Å². The topological polar surface area (TPSA) is 42.4 Å². The van der Waals surface area contributed by atoms with Crippen LogP contribution >= 0.6 is 0 Å². The summed E-state index contributed by atoms with van der Waals surface area (Å²) in [6.45, 7) is 15.5. The number of hydrogen-bond donors (Lipinski definition) is 0. The third-order valence-electron chi connectivity index (χ3n) is 5.97. The highest BCUT2D eigenvalue weighted by atomic mass is 15.3. The minimum Gasteiger partial charge on any atom is -0.351 e. The zero-order valence-electron chi connectivity index (χ0n) is 17.8. The van der Waals surface area contributed by atoms with Crippen molar-refractivity contribution >= 4 is 5.71 Å². The van der Waals surface area contributed by atoms with Crippen LogP contribution in [-0.2, 0) is 0 Å². The Labute approximate surface area is 169 Å². The Hall–Kier alpha value is -2.54. The average molecular weight is 377 g/mol. The number of rotatable bonds is 6. The molecule has 0 bridgehead atoms. The lowest BCUT2D eigenvalue weighted by Crippen LogP contribution is -2.35. The molecule has 0 N–H and O–H groups in total. The maximum Gasteiger partial charge on any atom is 0.140 e. The molecule has 4 heteroatoms. The highest BCUT2D eigenvalue weighted by molar-refractivity contribution is 5.80. The molecule has 2 aliphatic heterocycles. The summed E-state index contributed by atoms with van der Waals surface area (Å²) in [4.78, 5) is 9.22. The molecule has 0 amide bonds. The van der Waals surface area contributed by atoms with Gasteiger partial charge >= 0.3 is 0 Å². The smallest absolute Gasteiger partial charge is 0.140 e. The fraction of sp³-hybridized carbons (Fsp3) is 0.500. The van der Waals surface area contributed by atoms with Crippen molar-refractivity contribution in [3.05, 3.63) is 59.4 Å². The molecule has 0 atom stereocenters. The molecule has 1 aliphatic carbocycles. The van der Waals surface area contributed by atoms with E-state index in [1.165, 1.54) is 12.1 Å². The van der Waals surface area contributed by atoms with E-state index in [9.17, 15) is 5.26 Å². The van der Waals surface area contributed by atoms with Gasteiger partial charge in [0.25, 0.3) is 0 Å². The first-order valence-corrected chi connectivity index (χ1v) is 10.2. The molecule has 0 aromatic carbocycles. The molecule has 148 valence electrons. The summed E-state index contributed by atoms with van der Waals surface area (Å²) in [5.74, 6) is 0.911. The van der Waals surface area contributed by atoms with Gasteiger partial charge < -0.3 is 9.80 Å². The predicted octanol–water partition coefficient (Wildman–Crippen LogP) is 5.66. The van der Waals surface area contributed by atoms with Gasteiger partial charge in [0.1, 0.15) is 5.82 Å². The van der Waals surface area contributed by atoms with Crippen molar-refractivity contribution in [3.63, 3.8) is 0 Å². The molecule has 1 saturated carbocycles. The third kappa shape index (κ3) is 3.85. The lowest BCUT2D eigenvalue weighted by molar-refractivity contribution is 0.301. The average Bonchev–Trinajstić information content (AvgIpc) is 3.36. The van der Waals surface area contributed by atoms with Gasteiger partial charge in [0.15, 0.2) is 0 Å². The van der Waals surface area contributed by atoms with Crippen LogP contribution in [0.25, 0.3) is 0 Å². The summed E-state index contributed by atoms with van der Waals surface area (Å²) in [6.07, 6.45) is 10.5. The Morgan fingerprint density at radius 1 is 1.25 bits per heavy atom. The van der Waals surface area contributed by atoms with Crippen LogP contribution in [0.1, 0.15) is 59.3 Å². The van der Waals surface area contributed by atoms with Crippen LogP contribution in [0.15, 0.2) is 64.4 Å². The SMILES string of the molecule is C=C(C)C1=C(N=C(C)C)N(CCC2=CN2C)C(=C)C(C2(C#N)CCCCC2)=C1. The number of nitriles is 1. The summed E-state index contributed by atoms with van der Waals surface area (Å²) in [5, 5.41) is 10.2. The highest BCUT2D eigenvalue weighted by Crippen LogP contribution is 2.48. The molecule has 0 radical (unpaired) electrons. The van der Waals surface area contributed by atoms with Crippen LogP contribution in [-0.4, -0.2) is 29.1 Å². The van der Waals surface area contributed by atoms with Crippen molar-refractivity contribution in [2.75, 3.05) is 13.6 Å². The molecule has 1 fully saturated rings. The fourth-order valence-electron chi connectivity index (χ4n) is 4.27. The highest BCUT2D eigenvalue weighted by Gasteiger charge is 2.41. The van der Waals surface area contributed by atoms with Crippen LogP contribution in [0, 0.1) is 16.7 Å². The van der Waals surface area contributed by atoms with Gasteiger partial charge in [-0.1, -0.05) is 32.4 Å². The summed E-state index contributed by atoms with van der Waals surface area (Å²) in [6, 6.07) is 2.67. The first kappa shape index (κ1) is 20.2. The number of aliphatic imine (C=N–C) groups is 1. The van der Waals surface area contributed by atoms with E-state index < -0.39 is 5.41 Å². The molecule has 0 unspecified atom stereocenters. The number of nitrogens with zero attached hydrogens (tertiary/aromatic N) is 4. The summed E-state index contributed by atoms with van der Waals surface area (Å²) < 4.78 is 0. The Morgan fingerprint density at radius 3 is 2.39 bits per heavy atom. The minimum absolute atomic E-state index is 0.444. The molecular formula is C24H32N4. The molecule has 0 spiro atoms. The van der Waals surface area contributed by atoms with Crippen LogP contribution in [0.3, 0.4) is 0 Å². The maximum absolute atomic E-state index is 10.2. The maximum atomic E-state index is 10.2. The predicted molar refractivity (Wildman–Crippen MR) is 116 cm³/mol. The van der Waals surface area contributed by atoms with Crippen molar-refractivity contribution in [1.82, 2.24) is 9.80 Å². The Bertz CT molecular complexity index is 850. The van der Waals surface area contributed by atoms with Crippen molar-refractivity contribution in [2.24, 2.45) is 10.4 Å². The Kier molecular flexibility index (Phi) is 5.65. The second-order valence-electron chi connectivity index (χ2n) is 8.47. The zero-order valence-corrected chi connectivity index (χ0v) is 17.8. The van der Waals surface area contributed by atoms with E-state index >= 15 is 0 Å². The van der Waals surface area contributed by atoms with Crippen molar-refractivity contribution < 1.29 is 0 Å². The summed E-state index contributed by atoms with van der Waals surface area (Å²) >= 11 is 0. The minimum atomic E-state index is -0.444. The molecule has 28 heavy (non-hydrogen) atoms. The van der Waals surface area contributed by atoms with Gasteiger partial charge in [-0.3, -0.25) is 0 Å². The van der Waals surface area contributed by atoms with E-state index in [0.29, 0.717) is 0 Å². The van der Waals surface area contributed by atoms with E-state index in [1.54, 1.807) is 0 Å². The molecule has 0 aromatic rings. The van der Waals surface area contributed by atoms with E-state index in [1.807, 2.05) is 20.8 Å². The molecule has 0 saturated heterocycles. The Morgan fingerprint density at radius 2 is 1.89 bits per heavy atom. The van der Waals surface area contributed by atoms with Gasteiger partial charge in [-0.15, -0.1) is 0 Å². The van der Waals surface area contributed by atoms with Crippen LogP contribution in [0.4, 0.5) is 0 Å². The zero-order chi connectivity index (χ0) is 20.5. The second kappa shape index (κ2) is 7.83. The van der Waals surface area contributed by atoms with Gasteiger partial charge in [0, 0.05) is 48.9 Å². The lowest BCUT2D eigenvalue weighted by Gasteiger charge is -2.41. The van der Waals surface area contributed by atoms with Crippen LogP contribution < -0.4 is 0 Å². The molecular weight excluding hydrogens is 344 g/mol. The summed E-state index contributed by atoms with van der Waals surface area (Å²) in [5.41, 5.74) is 5.89. The van der Waals surface area contributed by atoms with Gasteiger partial charge in [-0.2, -0.15) is 5.26 Å². The van der Waals surface area contributed by atoms with E-state index in [4.69, 9.17) is 4.99 Å². The van der Waals surface area contributed by atoms with Gasteiger partial charge in [-0.05, 0) is 50.8 Å². The molecule has 0 aromatic heterocycles. The number of allylic oxidation sites excluding steroid dienone is 4. The largest absolute Gasteiger partial charge is 0.351 e. The van der Waals surface area contributed by atoms with Gasteiger partial charge in [-0.25, -0.2) is 4.99 Å². The summed E-state index contributed by atoms with van der Waals surface area (Å²) in [7, 11) is 2.07. The number of hydrogen-bond acceptors (Lipinski definition) is 4. The van der Waals surface area contributed by atoms with Crippen LogP contribution in [0.2, 0.25) is 0 Å². The first-order chi connectivity index (χ1) is 13.3. The molecule has 3 aliphatic rings. The van der Waals surface area contributed by atoms with E-state index in [0.717, 1.165) is 72.6 Å². The first-order valence-electron chi connectivity index (χ1n) is 10.2. The standard InChI is InChI=1S/C24H32N4/c1-17(2)21-14-22(24(16-25)11-8-7-9-12-24)19(5)28(23(21)26-18(3)4)13-10-20-15-27(20)6/h14-15H,1,5,7-13H2,2-4,6H3. The van der Waals surface area contributed by atoms with Crippen molar-refractivity contribution in [2.45, 2.75) is 59.3 Å². The Balaban J connectivity index is 2.07. The van der Waals surface area contributed by atoms with Gasteiger partial charge in [0.2, 0.25) is 0 Å². The molecule has 2 heterocycles. The van der Waals surface area contributed by atoms with Crippen LogP contribution in [0.5, 0.6) is 0 Å². The molecule has 3 rings (SSSR count). The monoisotopic (exact) mass is 376 g/mol.